The Morgan fingerprint density at radius 3 is 2.28 bits per heavy atom. The Hall–Kier alpha value is -2.09. The average Bonchev–Trinajstić information content (AvgIpc) is 2.35. The third kappa shape index (κ3) is 2.43. The number of aryl methyl sites for hydroxylation is 2. The lowest BCUT2D eigenvalue weighted by Crippen LogP contribution is -2.14. The molecule has 0 amide bonds. The molecule has 0 saturated carbocycles. The van der Waals surface area contributed by atoms with Gasteiger partial charge in [-0.3, -0.25) is 0 Å². The molecule has 2 aromatic carbocycles. The summed E-state index contributed by atoms with van der Waals surface area (Å²) in [6.07, 6.45) is 0. The molecule has 0 spiro atoms. The number of hydrogen-bond donors (Lipinski definition) is 1. The predicted molar refractivity (Wildman–Crippen MR) is 77.5 cm³/mol. The second-order valence-electron chi connectivity index (χ2n) is 4.53. The fourth-order valence-electron chi connectivity index (χ4n) is 1.91. The van der Waals surface area contributed by atoms with Crippen molar-refractivity contribution in [2.75, 3.05) is 0 Å². The van der Waals surface area contributed by atoms with E-state index in [9.17, 15) is 0 Å². The molecular formula is C16H18N2. The lowest BCUT2D eigenvalue weighted by molar-refractivity contribution is 1.30. The number of nitrogens with zero attached hydrogens (tertiary/aromatic N) is 1. The Balaban J connectivity index is 2.45. The largest absolute Gasteiger partial charge is 0.383 e. The number of hydrogen-bond acceptors (Lipinski definition) is 1. The molecule has 0 atom stereocenters. The summed E-state index contributed by atoms with van der Waals surface area (Å²) in [6.45, 7) is 6.19. The summed E-state index contributed by atoms with van der Waals surface area (Å²) < 4.78 is 0. The molecule has 0 radical (unpaired) electrons. The zero-order valence-electron chi connectivity index (χ0n) is 11.1. The highest BCUT2D eigenvalue weighted by molar-refractivity contribution is 6.00. The summed E-state index contributed by atoms with van der Waals surface area (Å²) in [6, 6.07) is 14.1. The van der Waals surface area contributed by atoms with Crippen LogP contribution in [0.3, 0.4) is 0 Å². The molecule has 2 nitrogen and oxygen atoms in total. The third-order valence-electron chi connectivity index (χ3n) is 3.24. The zero-order chi connectivity index (χ0) is 13.1. The van der Waals surface area contributed by atoms with Crippen LogP contribution >= 0.6 is 0 Å². The molecule has 0 unspecified atom stereocenters. The zero-order valence-corrected chi connectivity index (χ0v) is 11.1. The smallest absolute Gasteiger partial charge is 0.131 e. The van der Waals surface area contributed by atoms with Gasteiger partial charge in [0, 0.05) is 5.56 Å². The number of rotatable bonds is 2. The molecule has 0 aromatic heterocycles. The Morgan fingerprint density at radius 2 is 1.56 bits per heavy atom. The van der Waals surface area contributed by atoms with Crippen LogP contribution in [-0.4, -0.2) is 5.84 Å². The minimum atomic E-state index is 0.571. The van der Waals surface area contributed by atoms with E-state index in [0.717, 1.165) is 16.8 Å². The molecule has 2 N–H and O–H groups in total. The molecular weight excluding hydrogens is 220 g/mol. The molecule has 92 valence electrons. The summed E-state index contributed by atoms with van der Waals surface area (Å²) >= 11 is 0. The Bertz CT molecular complexity index is 598. The summed E-state index contributed by atoms with van der Waals surface area (Å²) in [5.74, 6) is 0.571. The first-order valence-corrected chi connectivity index (χ1v) is 6.06. The maximum Gasteiger partial charge on any atom is 0.131 e. The summed E-state index contributed by atoms with van der Waals surface area (Å²) in [4.78, 5) is 4.54. The van der Waals surface area contributed by atoms with Crippen LogP contribution in [0, 0.1) is 20.8 Å². The van der Waals surface area contributed by atoms with Gasteiger partial charge in [0.05, 0.1) is 5.69 Å². The fraction of sp³-hybridized carbons (Fsp3) is 0.188. The number of benzene rings is 2. The molecule has 0 aliphatic carbocycles. The normalized spacial score (nSPS) is 11.6. The summed E-state index contributed by atoms with van der Waals surface area (Å²) in [5.41, 5.74) is 11.6. The van der Waals surface area contributed by atoms with E-state index in [4.69, 9.17) is 5.73 Å². The quantitative estimate of drug-likeness (QED) is 0.629. The van der Waals surface area contributed by atoms with Crippen molar-refractivity contribution in [1.82, 2.24) is 0 Å². The number of aliphatic imine (C=N–C) groups is 1. The molecule has 0 bridgehead atoms. The molecule has 0 heterocycles. The van der Waals surface area contributed by atoms with Crippen molar-refractivity contribution in [3.8, 4) is 0 Å². The fourth-order valence-corrected chi connectivity index (χ4v) is 1.91. The molecule has 0 fully saturated rings. The van der Waals surface area contributed by atoms with Crippen molar-refractivity contribution in [3.63, 3.8) is 0 Å². The van der Waals surface area contributed by atoms with Gasteiger partial charge in [-0.1, -0.05) is 36.4 Å². The van der Waals surface area contributed by atoms with Gasteiger partial charge >= 0.3 is 0 Å². The van der Waals surface area contributed by atoms with Crippen LogP contribution in [0.25, 0.3) is 0 Å². The van der Waals surface area contributed by atoms with E-state index >= 15 is 0 Å². The predicted octanol–water partition coefficient (Wildman–Crippen LogP) is 3.65. The SMILES string of the molecule is Cc1ccccc1C(N)=Nc1cccc(C)c1C. The summed E-state index contributed by atoms with van der Waals surface area (Å²) in [7, 11) is 0. The van der Waals surface area contributed by atoms with Crippen LogP contribution < -0.4 is 5.73 Å². The van der Waals surface area contributed by atoms with E-state index in [-0.39, 0.29) is 0 Å². The van der Waals surface area contributed by atoms with Gasteiger partial charge in [-0.05, 0) is 43.5 Å². The van der Waals surface area contributed by atoms with Crippen LogP contribution in [-0.2, 0) is 0 Å². The second-order valence-corrected chi connectivity index (χ2v) is 4.53. The Labute approximate surface area is 108 Å². The first-order valence-electron chi connectivity index (χ1n) is 6.06. The first-order chi connectivity index (χ1) is 8.59. The first kappa shape index (κ1) is 12.4. The average molecular weight is 238 g/mol. The second kappa shape index (κ2) is 5.05. The molecule has 0 saturated heterocycles. The van der Waals surface area contributed by atoms with Crippen molar-refractivity contribution in [2.45, 2.75) is 20.8 Å². The van der Waals surface area contributed by atoms with E-state index in [1.807, 2.05) is 43.3 Å². The maximum atomic E-state index is 6.10. The van der Waals surface area contributed by atoms with Crippen LogP contribution in [0.2, 0.25) is 0 Å². The van der Waals surface area contributed by atoms with Gasteiger partial charge in [0.2, 0.25) is 0 Å². The molecule has 2 rings (SSSR count). The van der Waals surface area contributed by atoms with Crippen LogP contribution in [0.15, 0.2) is 47.5 Å². The number of amidine groups is 1. The van der Waals surface area contributed by atoms with Crippen molar-refractivity contribution in [1.29, 1.82) is 0 Å². The minimum Gasteiger partial charge on any atom is -0.383 e. The highest BCUT2D eigenvalue weighted by Gasteiger charge is 2.04. The van der Waals surface area contributed by atoms with Crippen molar-refractivity contribution in [3.05, 3.63) is 64.7 Å². The molecule has 0 aliphatic heterocycles. The maximum absolute atomic E-state index is 6.10. The van der Waals surface area contributed by atoms with Gasteiger partial charge in [-0.25, -0.2) is 4.99 Å². The standard InChI is InChI=1S/C16H18N2/c1-11-8-6-10-15(13(11)3)18-16(17)14-9-5-4-7-12(14)2/h4-10H,1-3H3,(H2,17,18). The molecule has 0 aliphatic rings. The van der Waals surface area contributed by atoms with E-state index in [2.05, 4.69) is 24.9 Å². The van der Waals surface area contributed by atoms with Gasteiger partial charge in [-0.15, -0.1) is 0 Å². The minimum absolute atomic E-state index is 0.571. The van der Waals surface area contributed by atoms with Gasteiger partial charge in [0.15, 0.2) is 0 Å². The Kier molecular flexibility index (Phi) is 3.47. The third-order valence-corrected chi connectivity index (χ3v) is 3.24. The molecule has 18 heavy (non-hydrogen) atoms. The lowest BCUT2D eigenvalue weighted by Gasteiger charge is -2.07. The van der Waals surface area contributed by atoms with E-state index in [0.29, 0.717) is 5.84 Å². The van der Waals surface area contributed by atoms with Gasteiger partial charge in [0.1, 0.15) is 5.84 Å². The molecule has 2 aromatic rings. The van der Waals surface area contributed by atoms with E-state index < -0.39 is 0 Å². The lowest BCUT2D eigenvalue weighted by atomic mass is 10.1. The van der Waals surface area contributed by atoms with Crippen LogP contribution in [0.5, 0.6) is 0 Å². The van der Waals surface area contributed by atoms with Crippen molar-refractivity contribution >= 4 is 11.5 Å². The van der Waals surface area contributed by atoms with E-state index in [1.165, 1.54) is 11.1 Å². The van der Waals surface area contributed by atoms with Gasteiger partial charge in [-0.2, -0.15) is 0 Å². The van der Waals surface area contributed by atoms with Gasteiger partial charge < -0.3 is 5.73 Å². The van der Waals surface area contributed by atoms with Gasteiger partial charge in [0.25, 0.3) is 0 Å². The highest BCUT2D eigenvalue weighted by Crippen LogP contribution is 2.22. The topological polar surface area (TPSA) is 38.4 Å². The highest BCUT2D eigenvalue weighted by atomic mass is 14.9. The molecule has 2 heteroatoms. The summed E-state index contributed by atoms with van der Waals surface area (Å²) in [5, 5.41) is 0. The van der Waals surface area contributed by atoms with E-state index in [1.54, 1.807) is 0 Å². The van der Waals surface area contributed by atoms with Crippen LogP contribution in [0.4, 0.5) is 5.69 Å². The number of nitrogens with two attached hydrogens (primary N) is 1. The van der Waals surface area contributed by atoms with Crippen molar-refractivity contribution in [2.24, 2.45) is 10.7 Å². The monoisotopic (exact) mass is 238 g/mol. The van der Waals surface area contributed by atoms with Crippen LogP contribution in [0.1, 0.15) is 22.3 Å². The Morgan fingerprint density at radius 1 is 0.889 bits per heavy atom. The van der Waals surface area contributed by atoms with Crippen molar-refractivity contribution < 1.29 is 0 Å².